The van der Waals surface area contributed by atoms with Crippen LogP contribution in [0.2, 0.25) is 0 Å². The van der Waals surface area contributed by atoms with Crippen LogP contribution in [-0.4, -0.2) is 41.8 Å². The van der Waals surface area contributed by atoms with Gasteiger partial charge < -0.3 is 9.64 Å². The first-order chi connectivity index (χ1) is 11.9. The second-order valence-electron chi connectivity index (χ2n) is 5.97. The Labute approximate surface area is 145 Å². The van der Waals surface area contributed by atoms with Crippen molar-refractivity contribution in [2.75, 3.05) is 13.1 Å². The summed E-state index contributed by atoms with van der Waals surface area (Å²) in [6.45, 7) is 3.88. The van der Waals surface area contributed by atoms with Crippen molar-refractivity contribution in [2.45, 2.75) is 32.8 Å². The topological polar surface area (TPSA) is 87.7 Å². The Morgan fingerprint density at radius 1 is 1.28 bits per heavy atom. The number of para-hydroxylation sites is 1. The summed E-state index contributed by atoms with van der Waals surface area (Å²) in [6.07, 6.45) is 0.391. The zero-order chi connectivity index (χ0) is 18.4. The maximum absolute atomic E-state index is 13.5. The highest BCUT2D eigenvalue weighted by Gasteiger charge is 2.27. The molecule has 7 nitrogen and oxygen atoms in total. The molecule has 0 aromatic heterocycles. The van der Waals surface area contributed by atoms with E-state index in [9.17, 15) is 18.8 Å². The summed E-state index contributed by atoms with van der Waals surface area (Å²) in [5.74, 6) is -2.03. The number of nitrogens with one attached hydrogen (secondary N) is 2. The van der Waals surface area contributed by atoms with E-state index in [-0.39, 0.29) is 23.5 Å². The molecule has 2 atom stereocenters. The molecule has 8 heteroatoms. The third-order valence-electron chi connectivity index (χ3n) is 4.06. The van der Waals surface area contributed by atoms with E-state index in [2.05, 4.69) is 10.9 Å². The molecule has 136 valence electrons. The maximum Gasteiger partial charge on any atom is 0.279 e. The van der Waals surface area contributed by atoms with E-state index in [1.54, 1.807) is 11.0 Å². The molecule has 1 heterocycles. The highest BCUT2D eigenvalue weighted by molar-refractivity contribution is 5.86. The van der Waals surface area contributed by atoms with Crippen LogP contribution in [0.25, 0.3) is 0 Å². The molecule has 1 aromatic carbocycles. The second-order valence-corrected chi connectivity index (χ2v) is 5.97. The van der Waals surface area contributed by atoms with E-state index in [0.717, 1.165) is 6.42 Å². The maximum atomic E-state index is 13.5. The molecule has 0 spiro atoms. The van der Waals surface area contributed by atoms with Crippen molar-refractivity contribution in [3.63, 3.8) is 0 Å². The normalized spacial score (nSPS) is 18.2. The number of amides is 3. The minimum atomic E-state index is -0.989. The summed E-state index contributed by atoms with van der Waals surface area (Å²) in [5.41, 5.74) is 4.62. The van der Waals surface area contributed by atoms with Gasteiger partial charge >= 0.3 is 0 Å². The van der Waals surface area contributed by atoms with Crippen LogP contribution in [-0.2, 0) is 14.4 Å². The molecule has 0 bridgehead atoms. The fourth-order valence-corrected chi connectivity index (χ4v) is 2.59. The highest BCUT2D eigenvalue weighted by Crippen LogP contribution is 2.17. The molecule has 1 saturated heterocycles. The molecular formula is C17H22FN3O4. The van der Waals surface area contributed by atoms with Gasteiger partial charge in [0, 0.05) is 20.0 Å². The van der Waals surface area contributed by atoms with Gasteiger partial charge in [-0.2, -0.15) is 0 Å². The van der Waals surface area contributed by atoms with Crippen molar-refractivity contribution in [3.05, 3.63) is 30.1 Å². The summed E-state index contributed by atoms with van der Waals surface area (Å²) in [7, 11) is 0. The van der Waals surface area contributed by atoms with Gasteiger partial charge in [-0.1, -0.05) is 12.1 Å². The number of ether oxygens (including phenoxy) is 1. The zero-order valence-electron chi connectivity index (χ0n) is 14.3. The third-order valence-corrected chi connectivity index (χ3v) is 4.06. The van der Waals surface area contributed by atoms with E-state index in [1.807, 2.05) is 0 Å². The van der Waals surface area contributed by atoms with Crippen molar-refractivity contribution >= 4 is 17.7 Å². The Kier molecular flexibility index (Phi) is 6.32. The number of hydrogen-bond acceptors (Lipinski definition) is 4. The zero-order valence-corrected chi connectivity index (χ0v) is 14.3. The Morgan fingerprint density at radius 3 is 2.68 bits per heavy atom. The molecule has 0 unspecified atom stereocenters. The lowest BCUT2D eigenvalue weighted by atomic mass is 9.97. The molecule has 0 radical (unpaired) electrons. The number of halogens is 1. The Morgan fingerprint density at radius 2 is 2.00 bits per heavy atom. The second kappa shape index (κ2) is 8.46. The molecular weight excluding hydrogens is 329 g/mol. The Bertz CT molecular complexity index is 653. The van der Waals surface area contributed by atoms with Crippen LogP contribution < -0.4 is 15.6 Å². The largest absolute Gasteiger partial charge is 0.478 e. The van der Waals surface area contributed by atoms with Gasteiger partial charge in [-0.3, -0.25) is 25.2 Å². The average molecular weight is 351 g/mol. The van der Waals surface area contributed by atoms with Gasteiger partial charge in [-0.05, 0) is 31.9 Å². The van der Waals surface area contributed by atoms with Crippen LogP contribution in [0.1, 0.15) is 26.7 Å². The number of hydrazine groups is 1. The van der Waals surface area contributed by atoms with Gasteiger partial charge in [0.15, 0.2) is 17.7 Å². The van der Waals surface area contributed by atoms with Crippen LogP contribution in [0.15, 0.2) is 24.3 Å². The molecule has 0 aliphatic carbocycles. The van der Waals surface area contributed by atoms with Gasteiger partial charge in [-0.15, -0.1) is 0 Å². The van der Waals surface area contributed by atoms with Crippen molar-refractivity contribution < 1.29 is 23.5 Å². The van der Waals surface area contributed by atoms with Crippen molar-refractivity contribution in [3.8, 4) is 5.75 Å². The molecule has 2 N–H and O–H groups in total. The smallest absolute Gasteiger partial charge is 0.279 e. The third kappa shape index (κ3) is 5.17. The van der Waals surface area contributed by atoms with Crippen LogP contribution in [0.5, 0.6) is 5.75 Å². The van der Waals surface area contributed by atoms with Crippen LogP contribution in [0, 0.1) is 11.7 Å². The summed E-state index contributed by atoms with van der Waals surface area (Å²) >= 11 is 0. The van der Waals surface area contributed by atoms with Crippen LogP contribution in [0.3, 0.4) is 0 Å². The number of nitrogens with zero attached hydrogens (tertiary/aromatic N) is 1. The molecule has 25 heavy (non-hydrogen) atoms. The van der Waals surface area contributed by atoms with E-state index >= 15 is 0 Å². The lowest BCUT2D eigenvalue weighted by molar-refractivity contribution is -0.137. The minimum absolute atomic E-state index is 0.0409. The fraction of sp³-hybridized carbons (Fsp3) is 0.471. The standard InChI is InChI=1S/C17H22FN3O4/c1-11(25-15-8-4-3-7-14(15)18)16(23)19-20-17(24)13-6-5-9-21(10-13)12(2)22/h3-4,7-8,11,13H,5-6,9-10H2,1-2H3,(H,19,23)(H,20,24)/t11-,13-/m0/s1. The molecule has 0 saturated carbocycles. The lowest BCUT2D eigenvalue weighted by Gasteiger charge is -2.31. The number of carbonyl (C=O) groups is 3. The number of hydrogen-bond donors (Lipinski definition) is 2. The number of likely N-dealkylation sites (tertiary alicyclic amines) is 1. The predicted molar refractivity (Wildman–Crippen MR) is 87.8 cm³/mol. The number of piperidine rings is 1. The minimum Gasteiger partial charge on any atom is -0.478 e. The van der Waals surface area contributed by atoms with Gasteiger partial charge in [0.05, 0.1) is 5.92 Å². The first kappa shape index (κ1) is 18.7. The van der Waals surface area contributed by atoms with Crippen LogP contribution >= 0.6 is 0 Å². The van der Waals surface area contributed by atoms with Gasteiger partial charge in [0.1, 0.15) is 0 Å². The lowest BCUT2D eigenvalue weighted by Crippen LogP contribution is -2.52. The van der Waals surface area contributed by atoms with E-state index < -0.39 is 17.8 Å². The predicted octanol–water partition coefficient (Wildman–Crippen LogP) is 0.999. The number of carbonyl (C=O) groups excluding carboxylic acids is 3. The average Bonchev–Trinajstić information content (AvgIpc) is 2.61. The molecule has 2 rings (SSSR count). The summed E-state index contributed by atoms with van der Waals surface area (Å²) in [4.78, 5) is 37.1. The van der Waals surface area contributed by atoms with E-state index in [1.165, 1.54) is 32.0 Å². The molecule has 1 aliphatic rings. The molecule has 3 amide bonds. The number of rotatable bonds is 4. The highest BCUT2D eigenvalue weighted by atomic mass is 19.1. The van der Waals surface area contributed by atoms with Crippen molar-refractivity contribution in [2.24, 2.45) is 5.92 Å². The summed E-state index contributed by atoms with van der Waals surface area (Å²) in [5, 5.41) is 0. The quantitative estimate of drug-likeness (QED) is 0.792. The first-order valence-corrected chi connectivity index (χ1v) is 8.15. The SMILES string of the molecule is CC(=O)N1CCC[C@H](C(=O)NNC(=O)[C@H](C)Oc2ccccc2F)C1. The summed E-state index contributed by atoms with van der Waals surface area (Å²) in [6, 6.07) is 5.75. The molecule has 1 fully saturated rings. The Hall–Kier alpha value is -2.64. The van der Waals surface area contributed by atoms with Crippen molar-refractivity contribution in [1.29, 1.82) is 0 Å². The monoisotopic (exact) mass is 351 g/mol. The fourth-order valence-electron chi connectivity index (χ4n) is 2.59. The first-order valence-electron chi connectivity index (χ1n) is 8.15. The van der Waals surface area contributed by atoms with E-state index in [0.29, 0.717) is 19.5 Å². The van der Waals surface area contributed by atoms with Crippen molar-refractivity contribution in [1.82, 2.24) is 15.8 Å². The summed E-state index contributed by atoms with van der Waals surface area (Å²) < 4.78 is 18.8. The number of benzene rings is 1. The van der Waals surface area contributed by atoms with E-state index in [4.69, 9.17) is 4.74 Å². The van der Waals surface area contributed by atoms with Crippen LogP contribution in [0.4, 0.5) is 4.39 Å². The molecule has 1 aliphatic heterocycles. The van der Waals surface area contributed by atoms with Gasteiger partial charge in [0.2, 0.25) is 11.8 Å². The Balaban J connectivity index is 1.81. The molecule has 1 aromatic rings. The van der Waals surface area contributed by atoms with Gasteiger partial charge in [-0.25, -0.2) is 4.39 Å². The van der Waals surface area contributed by atoms with Gasteiger partial charge in [0.25, 0.3) is 5.91 Å².